The summed E-state index contributed by atoms with van der Waals surface area (Å²) in [4.78, 5) is 0. The molecular weight excluding hydrogens is 362 g/mol. The van der Waals surface area contributed by atoms with Gasteiger partial charge in [-0.25, -0.2) is 0 Å². The van der Waals surface area contributed by atoms with Crippen LogP contribution in [0.25, 0.3) is 0 Å². The van der Waals surface area contributed by atoms with Crippen LogP contribution in [0.4, 0.5) is 0 Å². The molecule has 0 unspecified atom stereocenters. The average Bonchev–Trinajstić information content (AvgIpc) is 2.71. The summed E-state index contributed by atoms with van der Waals surface area (Å²) in [6, 6.07) is 6.29. The van der Waals surface area contributed by atoms with Crippen molar-refractivity contribution >= 4 is 0 Å². The number of benzene rings is 1. The maximum Gasteiger partial charge on any atom is 0.161 e. The third-order valence-corrected chi connectivity index (χ3v) is 6.38. The van der Waals surface area contributed by atoms with Crippen molar-refractivity contribution < 1.29 is 19.5 Å². The quantitative estimate of drug-likeness (QED) is 0.507. The fourth-order valence-corrected chi connectivity index (χ4v) is 4.41. The van der Waals surface area contributed by atoms with E-state index in [2.05, 4.69) is 45.1 Å². The monoisotopic (exact) mass is 406 g/mol. The second-order valence-electron chi connectivity index (χ2n) is 9.49. The summed E-state index contributed by atoms with van der Waals surface area (Å²) in [6.45, 7) is 15.0. The van der Waals surface area contributed by atoms with Crippen LogP contribution in [0.1, 0.15) is 72.3 Å². The lowest BCUT2D eigenvalue weighted by atomic mass is 9.69. The van der Waals surface area contributed by atoms with Gasteiger partial charge in [0.05, 0.1) is 26.4 Å². The molecule has 1 aromatic rings. The van der Waals surface area contributed by atoms with Crippen LogP contribution in [0, 0.1) is 17.3 Å². The molecule has 0 amide bonds. The Morgan fingerprint density at radius 2 is 1.97 bits per heavy atom. The van der Waals surface area contributed by atoms with Gasteiger partial charge in [-0.1, -0.05) is 34.1 Å². The smallest absolute Gasteiger partial charge is 0.161 e. The second kappa shape index (κ2) is 11.8. The molecule has 1 aliphatic heterocycles. The highest BCUT2D eigenvalue weighted by atomic mass is 16.5. The van der Waals surface area contributed by atoms with Crippen LogP contribution in [0.15, 0.2) is 18.2 Å². The van der Waals surface area contributed by atoms with E-state index < -0.39 is 0 Å². The van der Waals surface area contributed by atoms with Crippen molar-refractivity contribution in [3.8, 4) is 11.5 Å². The molecule has 29 heavy (non-hydrogen) atoms. The van der Waals surface area contributed by atoms with Gasteiger partial charge in [0, 0.05) is 18.6 Å². The molecule has 0 radical (unpaired) electrons. The van der Waals surface area contributed by atoms with Gasteiger partial charge in [0.1, 0.15) is 6.54 Å². The fraction of sp³-hybridized carbons (Fsp3) is 0.760. The lowest BCUT2D eigenvalue weighted by Gasteiger charge is -2.42. The van der Waals surface area contributed by atoms with Crippen molar-refractivity contribution in [2.75, 3.05) is 26.9 Å². The third-order valence-electron chi connectivity index (χ3n) is 6.38. The van der Waals surface area contributed by atoms with E-state index in [1.807, 2.05) is 13.0 Å². The highest BCUT2D eigenvalue weighted by Gasteiger charge is 2.37. The molecule has 0 saturated carbocycles. The molecule has 2 rings (SSSR count). The number of rotatable bonds is 12. The summed E-state index contributed by atoms with van der Waals surface area (Å²) < 4.78 is 17.2. The summed E-state index contributed by atoms with van der Waals surface area (Å²) in [5, 5.41) is 2.45. The molecular formula is C25H44NO3+. The Kier molecular flexibility index (Phi) is 9.78. The molecule has 4 heteroatoms. The van der Waals surface area contributed by atoms with Gasteiger partial charge in [0.2, 0.25) is 0 Å². The van der Waals surface area contributed by atoms with E-state index in [0.29, 0.717) is 24.0 Å². The zero-order valence-electron chi connectivity index (χ0n) is 19.6. The summed E-state index contributed by atoms with van der Waals surface area (Å²) in [5.74, 6) is 3.03. The van der Waals surface area contributed by atoms with Crippen molar-refractivity contribution in [3.63, 3.8) is 0 Å². The van der Waals surface area contributed by atoms with Crippen LogP contribution >= 0.6 is 0 Å². The molecule has 1 fully saturated rings. The Morgan fingerprint density at radius 3 is 2.62 bits per heavy atom. The largest absolute Gasteiger partial charge is 0.493 e. The molecule has 0 spiro atoms. The van der Waals surface area contributed by atoms with Gasteiger partial charge >= 0.3 is 0 Å². The van der Waals surface area contributed by atoms with Crippen LogP contribution in [0.3, 0.4) is 0 Å². The van der Waals surface area contributed by atoms with E-state index in [4.69, 9.17) is 14.2 Å². The number of ether oxygens (including phenoxy) is 3. The first kappa shape index (κ1) is 24.0. The topological polar surface area (TPSA) is 44.3 Å². The highest BCUT2D eigenvalue weighted by molar-refractivity contribution is 5.42. The van der Waals surface area contributed by atoms with Gasteiger partial charge in [0.15, 0.2) is 11.5 Å². The zero-order chi connectivity index (χ0) is 21.3. The van der Waals surface area contributed by atoms with Crippen LogP contribution in [-0.4, -0.2) is 33.0 Å². The van der Waals surface area contributed by atoms with Crippen LogP contribution < -0.4 is 14.8 Å². The van der Waals surface area contributed by atoms with Gasteiger partial charge in [-0.05, 0) is 61.6 Å². The predicted molar refractivity (Wildman–Crippen MR) is 120 cm³/mol. The first-order valence-corrected chi connectivity index (χ1v) is 11.6. The molecule has 166 valence electrons. The first-order chi connectivity index (χ1) is 13.9. The van der Waals surface area contributed by atoms with Gasteiger partial charge in [-0.2, -0.15) is 0 Å². The summed E-state index contributed by atoms with van der Waals surface area (Å²) in [5.41, 5.74) is 1.73. The molecule has 1 saturated heterocycles. The number of methoxy groups -OCH3 is 1. The van der Waals surface area contributed by atoms with E-state index in [-0.39, 0.29) is 0 Å². The lowest BCUT2D eigenvalue weighted by Crippen LogP contribution is -2.83. The maximum absolute atomic E-state index is 6.10. The van der Waals surface area contributed by atoms with Crippen molar-refractivity contribution in [1.29, 1.82) is 0 Å². The number of quaternary nitrogens is 1. The minimum Gasteiger partial charge on any atom is -0.493 e. The first-order valence-electron chi connectivity index (χ1n) is 11.6. The zero-order valence-corrected chi connectivity index (χ0v) is 19.6. The third kappa shape index (κ3) is 7.49. The lowest BCUT2D eigenvalue weighted by molar-refractivity contribution is -0.672. The van der Waals surface area contributed by atoms with Gasteiger partial charge in [-0.3, -0.25) is 0 Å². The number of hydrogen-bond acceptors (Lipinski definition) is 3. The van der Waals surface area contributed by atoms with E-state index in [0.717, 1.165) is 30.6 Å². The van der Waals surface area contributed by atoms with E-state index in [9.17, 15) is 0 Å². The van der Waals surface area contributed by atoms with Crippen molar-refractivity contribution in [2.45, 2.75) is 79.4 Å². The summed E-state index contributed by atoms with van der Waals surface area (Å²) in [7, 11) is 1.71. The van der Waals surface area contributed by atoms with E-state index in [1.165, 1.54) is 44.2 Å². The average molecular weight is 407 g/mol. The fourth-order valence-electron chi connectivity index (χ4n) is 4.41. The SMILES string of the molecule is CCOc1ccc(C[NH2+]CC[C@]2(CCC(C)C)CCO[C@@H](C(C)C)C2)cc1OC. The van der Waals surface area contributed by atoms with Crippen molar-refractivity contribution in [1.82, 2.24) is 0 Å². The normalized spacial score (nSPS) is 22.3. The van der Waals surface area contributed by atoms with Crippen LogP contribution in [0.2, 0.25) is 0 Å². The Bertz CT molecular complexity index is 602. The Balaban J connectivity index is 1.92. The van der Waals surface area contributed by atoms with E-state index in [1.54, 1.807) is 7.11 Å². The van der Waals surface area contributed by atoms with Crippen molar-refractivity contribution in [3.05, 3.63) is 23.8 Å². The predicted octanol–water partition coefficient (Wildman–Crippen LogP) is 4.81. The maximum atomic E-state index is 6.10. The molecule has 0 aromatic heterocycles. The molecule has 2 atom stereocenters. The number of nitrogens with two attached hydrogens (primary N) is 1. The van der Waals surface area contributed by atoms with Crippen molar-refractivity contribution in [2.24, 2.45) is 17.3 Å². The Hall–Kier alpha value is -1.26. The molecule has 2 N–H and O–H groups in total. The minimum atomic E-state index is 0.422. The van der Waals surface area contributed by atoms with Gasteiger partial charge in [-0.15, -0.1) is 0 Å². The minimum absolute atomic E-state index is 0.422. The molecule has 0 aliphatic carbocycles. The Labute approximate surface area is 178 Å². The summed E-state index contributed by atoms with van der Waals surface area (Å²) in [6.07, 6.45) is 6.80. The van der Waals surface area contributed by atoms with Crippen LogP contribution in [-0.2, 0) is 11.3 Å². The van der Waals surface area contributed by atoms with Gasteiger partial charge < -0.3 is 19.5 Å². The Morgan fingerprint density at radius 1 is 1.17 bits per heavy atom. The molecule has 1 aromatic carbocycles. The molecule has 4 nitrogen and oxygen atoms in total. The van der Waals surface area contributed by atoms with Gasteiger partial charge in [0.25, 0.3) is 0 Å². The second-order valence-corrected chi connectivity index (χ2v) is 9.49. The van der Waals surface area contributed by atoms with E-state index >= 15 is 0 Å². The van der Waals surface area contributed by atoms with Crippen LogP contribution in [0.5, 0.6) is 11.5 Å². The highest BCUT2D eigenvalue weighted by Crippen LogP contribution is 2.43. The summed E-state index contributed by atoms with van der Waals surface area (Å²) >= 11 is 0. The number of hydrogen-bond donors (Lipinski definition) is 1. The molecule has 0 bridgehead atoms. The standard InChI is InChI=1S/C25H43NO3/c1-7-28-22-9-8-21(16-23(22)27-6)18-26-14-12-25(11-10-19(2)3)13-15-29-24(17-25)20(4)5/h8-9,16,19-20,24,26H,7,10-15,17-18H2,1-6H3/p+1/t24-,25-/m1/s1. The molecule has 1 heterocycles. The molecule has 1 aliphatic rings.